The molecule has 0 atom stereocenters. The Morgan fingerprint density at radius 1 is 1.07 bits per heavy atom. The van der Waals surface area contributed by atoms with Gasteiger partial charge in [0.05, 0.1) is 11.4 Å². The molecule has 138 valence electrons. The van der Waals surface area contributed by atoms with E-state index in [0.29, 0.717) is 30.2 Å². The number of carbonyl (C=O) groups is 1. The lowest BCUT2D eigenvalue weighted by molar-refractivity contribution is 0.204. The minimum Gasteiger partial charge on any atom is -0.464 e. The molecule has 1 amide bonds. The van der Waals surface area contributed by atoms with E-state index in [-0.39, 0.29) is 12.6 Å². The van der Waals surface area contributed by atoms with Crippen molar-refractivity contribution in [3.63, 3.8) is 0 Å². The van der Waals surface area contributed by atoms with Crippen molar-refractivity contribution in [3.8, 4) is 11.3 Å². The molecule has 1 aromatic carbocycles. The van der Waals surface area contributed by atoms with Crippen LogP contribution in [0.3, 0.4) is 0 Å². The third kappa shape index (κ3) is 4.56. The molecule has 8 nitrogen and oxygen atoms in total. The molecule has 0 radical (unpaired) electrons. The summed E-state index contributed by atoms with van der Waals surface area (Å²) in [5.41, 5.74) is 1.82. The summed E-state index contributed by atoms with van der Waals surface area (Å²) < 4.78 is 0. The summed E-state index contributed by atoms with van der Waals surface area (Å²) in [5.74, 6) is 0.720. The first-order valence-electron chi connectivity index (χ1n) is 8.41. The molecule has 0 unspecified atom stereocenters. The minimum absolute atomic E-state index is 0.0674. The molecular formula is C19H19N5O3. The van der Waals surface area contributed by atoms with E-state index in [4.69, 9.17) is 5.11 Å². The fourth-order valence-electron chi connectivity index (χ4n) is 2.49. The highest BCUT2D eigenvalue weighted by molar-refractivity contribution is 5.92. The Morgan fingerprint density at radius 3 is 2.59 bits per heavy atom. The van der Waals surface area contributed by atoms with Crippen LogP contribution in [0.5, 0.6) is 0 Å². The summed E-state index contributed by atoms with van der Waals surface area (Å²) in [6.45, 7) is 0.704. The van der Waals surface area contributed by atoms with Gasteiger partial charge in [0.25, 0.3) is 0 Å². The molecule has 8 heteroatoms. The number of rotatable bonds is 7. The maximum Gasteiger partial charge on any atom is 0.418 e. The van der Waals surface area contributed by atoms with E-state index in [0.717, 1.165) is 10.5 Å². The maximum absolute atomic E-state index is 11.8. The monoisotopic (exact) mass is 365 g/mol. The van der Waals surface area contributed by atoms with Crippen LogP contribution in [0.1, 0.15) is 6.42 Å². The first-order valence-corrected chi connectivity index (χ1v) is 8.41. The number of aliphatic hydroxyl groups is 1. The second-order valence-electron chi connectivity index (χ2n) is 5.63. The van der Waals surface area contributed by atoms with Crippen LogP contribution >= 0.6 is 0 Å². The quantitative estimate of drug-likeness (QED) is 0.551. The van der Waals surface area contributed by atoms with E-state index in [9.17, 15) is 9.90 Å². The van der Waals surface area contributed by atoms with Gasteiger partial charge in [-0.15, -0.1) is 0 Å². The zero-order valence-corrected chi connectivity index (χ0v) is 14.5. The van der Waals surface area contributed by atoms with Gasteiger partial charge in [-0.3, -0.25) is 0 Å². The van der Waals surface area contributed by atoms with Gasteiger partial charge in [0.1, 0.15) is 5.82 Å². The summed E-state index contributed by atoms with van der Waals surface area (Å²) in [6.07, 6.45) is 2.62. The first-order chi connectivity index (χ1) is 13.2. The number of hydrogen-bond donors (Lipinski definition) is 3. The number of hydrogen-bond acceptors (Lipinski definition) is 6. The summed E-state index contributed by atoms with van der Waals surface area (Å²) in [7, 11) is 0. The average Bonchev–Trinajstić information content (AvgIpc) is 2.69. The van der Waals surface area contributed by atoms with Crippen molar-refractivity contribution < 1.29 is 15.0 Å². The van der Waals surface area contributed by atoms with Gasteiger partial charge in [0.2, 0.25) is 5.95 Å². The highest BCUT2D eigenvalue weighted by Crippen LogP contribution is 2.25. The Balaban J connectivity index is 1.91. The van der Waals surface area contributed by atoms with Gasteiger partial charge < -0.3 is 15.5 Å². The fourth-order valence-corrected chi connectivity index (χ4v) is 2.49. The Kier molecular flexibility index (Phi) is 5.91. The van der Waals surface area contributed by atoms with Crippen LogP contribution in [0.4, 0.5) is 22.2 Å². The lowest BCUT2D eigenvalue weighted by Gasteiger charge is -2.17. The second-order valence-corrected chi connectivity index (χ2v) is 5.63. The highest BCUT2D eigenvalue weighted by Gasteiger charge is 2.20. The van der Waals surface area contributed by atoms with Crippen molar-refractivity contribution in [1.29, 1.82) is 0 Å². The molecule has 27 heavy (non-hydrogen) atoms. The maximum atomic E-state index is 11.8. The van der Waals surface area contributed by atoms with Crippen molar-refractivity contribution in [2.75, 3.05) is 23.4 Å². The van der Waals surface area contributed by atoms with Gasteiger partial charge in [0, 0.05) is 31.1 Å². The number of nitrogens with one attached hydrogen (secondary N) is 1. The standard InChI is InChI=1S/C19H19N5O3/c25-12-4-9-20-17-13-14(7-10-21-17)16-8-11-22-18(23-16)24(19(26)27)15-5-2-1-3-6-15/h1-3,5-8,10-11,13,25H,4,9,12H2,(H,20,21)(H,26,27). The molecule has 0 fully saturated rings. The highest BCUT2D eigenvalue weighted by atomic mass is 16.4. The van der Waals surface area contributed by atoms with E-state index in [1.807, 2.05) is 12.1 Å². The molecule has 0 aliphatic rings. The van der Waals surface area contributed by atoms with Crippen LogP contribution in [0.15, 0.2) is 60.9 Å². The summed E-state index contributed by atoms with van der Waals surface area (Å²) in [6, 6.07) is 14.0. The Bertz CT molecular complexity index is 905. The summed E-state index contributed by atoms with van der Waals surface area (Å²) in [5, 5.41) is 21.6. The molecule has 3 rings (SSSR count). The second kappa shape index (κ2) is 8.72. The Morgan fingerprint density at radius 2 is 1.85 bits per heavy atom. The zero-order chi connectivity index (χ0) is 19.1. The fraction of sp³-hybridized carbons (Fsp3) is 0.158. The van der Waals surface area contributed by atoms with Gasteiger partial charge in [-0.2, -0.15) is 0 Å². The summed E-state index contributed by atoms with van der Waals surface area (Å²) in [4.78, 5) is 25.6. The van der Waals surface area contributed by atoms with Gasteiger partial charge in [-0.05, 0) is 36.8 Å². The van der Waals surface area contributed by atoms with Crippen molar-refractivity contribution in [2.24, 2.45) is 0 Å². The van der Waals surface area contributed by atoms with Crippen molar-refractivity contribution in [2.45, 2.75) is 6.42 Å². The average molecular weight is 365 g/mol. The minimum atomic E-state index is -1.17. The van der Waals surface area contributed by atoms with E-state index in [2.05, 4.69) is 20.3 Å². The number of anilines is 3. The van der Waals surface area contributed by atoms with E-state index in [1.54, 1.807) is 42.6 Å². The van der Waals surface area contributed by atoms with Crippen molar-refractivity contribution >= 4 is 23.5 Å². The van der Waals surface area contributed by atoms with Gasteiger partial charge in [-0.1, -0.05) is 18.2 Å². The number of nitrogens with zero attached hydrogens (tertiary/aromatic N) is 4. The Hall–Kier alpha value is -3.52. The molecule has 2 aromatic heterocycles. The van der Waals surface area contributed by atoms with Crippen LogP contribution in [0.25, 0.3) is 11.3 Å². The normalized spacial score (nSPS) is 10.4. The van der Waals surface area contributed by atoms with E-state index >= 15 is 0 Å². The molecule has 0 bridgehead atoms. The molecule has 2 heterocycles. The lowest BCUT2D eigenvalue weighted by Crippen LogP contribution is -2.25. The predicted octanol–water partition coefficient (Wildman–Crippen LogP) is 3.15. The SMILES string of the molecule is O=C(O)N(c1ccccc1)c1nccc(-c2ccnc(NCCCO)c2)n1. The van der Waals surface area contributed by atoms with Crippen LogP contribution in [-0.2, 0) is 0 Å². The number of aromatic nitrogens is 3. The summed E-state index contributed by atoms with van der Waals surface area (Å²) >= 11 is 0. The van der Waals surface area contributed by atoms with Crippen molar-refractivity contribution in [3.05, 3.63) is 60.9 Å². The number of amides is 1. The molecule has 0 aliphatic heterocycles. The van der Waals surface area contributed by atoms with Gasteiger partial charge in [0.15, 0.2) is 0 Å². The molecule has 0 saturated carbocycles. The molecular weight excluding hydrogens is 346 g/mol. The molecule has 3 aromatic rings. The van der Waals surface area contributed by atoms with Crippen LogP contribution in [-0.4, -0.2) is 44.4 Å². The largest absolute Gasteiger partial charge is 0.464 e. The first kappa shape index (κ1) is 18.3. The third-order valence-corrected chi connectivity index (χ3v) is 3.75. The van der Waals surface area contributed by atoms with Gasteiger partial charge >= 0.3 is 6.09 Å². The molecule has 3 N–H and O–H groups in total. The number of aliphatic hydroxyl groups excluding tert-OH is 1. The number of benzene rings is 1. The van der Waals surface area contributed by atoms with Crippen LogP contribution in [0.2, 0.25) is 0 Å². The molecule has 0 spiro atoms. The zero-order valence-electron chi connectivity index (χ0n) is 14.5. The van der Waals surface area contributed by atoms with Crippen molar-refractivity contribution in [1.82, 2.24) is 15.0 Å². The van der Waals surface area contributed by atoms with Crippen LogP contribution in [0, 0.1) is 0 Å². The predicted molar refractivity (Wildman–Crippen MR) is 102 cm³/mol. The Labute approximate surface area is 156 Å². The number of para-hydroxylation sites is 1. The molecule has 0 aliphatic carbocycles. The van der Waals surface area contributed by atoms with E-state index in [1.165, 1.54) is 6.20 Å². The number of carboxylic acid groups (broad SMARTS) is 1. The van der Waals surface area contributed by atoms with Crippen LogP contribution < -0.4 is 10.2 Å². The third-order valence-electron chi connectivity index (χ3n) is 3.75. The lowest BCUT2D eigenvalue weighted by atomic mass is 10.2. The van der Waals surface area contributed by atoms with E-state index < -0.39 is 6.09 Å². The smallest absolute Gasteiger partial charge is 0.418 e. The molecule has 0 saturated heterocycles. The number of pyridine rings is 1. The van der Waals surface area contributed by atoms with Gasteiger partial charge in [-0.25, -0.2) is 24.6 Å². The topological polar surface area (TPSA) is 111 Å².